The third-order valence-corrected chi connectivity index (χ3v) is 6.95. The average molecular weight is 471 g/mol. The lowest BCUT2D eigenvalue weighted by molar-refractivity contribution is 0.245. The molecule has 1 unspecified atom stereocenters. The number of aromatic nitrogens is 1. The van der Waals surface area contributed by atoms with Crippen molar-refractivity contribution in [1.82, 2.24) is 10.3 Å². The molecule has 1 heterocycles. The number of anilines is 2. The Morgan fingerprint density at radius 1 is 0.857 bits per heavy atom. The summed E-state index contributed by atoms with van der Waals surface area (Å²) in [4.78, 5) is 17.9. The van der Waals surface area contributed by atoms with Gasteiger partial charge in [0.1, 0.15) is 6.17 Å². The summed E-state index contributed by atoms with van der Waals surface area (Å²) in [5.41, 5.74) is 6.19. The van der Waals surface area contributed by atoms with Crippen molar-refractivity contribution in [1.29, 1.82) is 0 Å². The van der Waals surface area contributed by atoms with E-state index in [-0.39, 0.29) is 12.2 Å². The third kappa shape index (κ3) is 6.02. The monoisotopic (exact) mass is 470 g/mol. The molecule has 1 aromatic heterocycles. The lowest BCUT2D eigenvalue weighted by Gasteiger charge is -2.29. The van der Waals surface area contributed by atoms with Crippen molar-refractivity contribution in [2.24, 2.45) is 5.92 Å². The highest BCUT2D eigenvalue weighted by atomic mass is 16.2. The van der Waals surface area contributed by atoms with Crippen molar-refractivity contribution in [3.8, 4) is 11.3 Å². The van der Waals surface area contributed by atoms with Crippen LogP contribution in [0.2, 0.25) is 0 Å². The second-order valence-electron chi connectivity index (χ2n) is 10.1. The summed E-state index contributed by atoms with van der Waals surface area (Å²) in [6, 6.07) is 20.3. The van der Waals surface area contributed by atoms with Gasteiger partial charge in [0.15, 0.2) is 0 Å². The fourth-order valence-corrected chi connectivity index (χ4v) is 5.07. The molecule has 184 valence electrons. The number of benzene rings is 2. The fraction of sp³-hybridized carbons (Fsp3) is 0.400. The topological polar surface area (TPSA) is 66.1 Å². The molecule has 1 saturated carbocycles. The number of nitrogens with zero attached hydrogens (tertiary/aromatic N) is 1. The Bertz CT molecular complexity index is 1090. The van der Waals surface area contributed by atoms with Crippen LogP contribution in [0.15, 0.2) is 66.9 Å². The highest BCUT2D eigenvalue weighted by Crippen LogP contribution is 2.34. The number of hydrogen-bond acceptors (Lipinski definition) is 3. The Labute approximate surface area is 209 Å². The van der Waals surface area contributed by atoms with Crippen LogP contribution in [0.5, 0.6) is 0 Å². The first-order chi connectivity index (χ1) is 16.9. The highest BCUT2D eigenvalue weighted by Gasteiger charge is 2.28. The highest BCUT2D eigenvalue weighted by molar-refractivity contribution is 5.92. The molecule has 35 heavy (non-hydrogen) atoms. The van der Waals surface area contributed by atoms with Gasteiger partial charge in [-0.15, -0.1) is 0 Å². The lowest BCUT2D eigenvalue weighted by atomic mass is 9.93. The summed E-state index contributed by atoms with van der Waals surface area (Å²) >= 11 is 0. The van der Waals surface area contributed by atoms with E-state index in [1.807, 2.05) is 36.5 Å². The number of para-hydroxylation sites is 2. The van der Waals surface area contributed by atoms with Crippen molar-refractivity contribution >= 4 is 17.4 Å². The van der Waals surface area contributed by atoms with E-state index in [2.05, 4.69) is 79.0 Å². The Balaban J connectivity index is 1.59. The van der Waals surface area contributed by atoms with Gasteiger partial charge < -0.3 is 16.0 Å². The van der Waals surface area contributed by atoms with Gasteiger partial charge in [0.05, 0.1) is 5.69 Å². The van der Waals surface area contributed by atoms with Crippen LogP contribution in [0.3, 0.4) is 0 Å². The number of hydrogen-bond donors (Lipinski definition) is 3. The number of nitrogens with one attached hydrogen (secondary N) is 3. The van der Waals surface area contributed by atoms with Gasteiger partial charge in [-0.1, -0.05) is 83.0 Å². The summed E-state index contributed by atoms with van der Waals surface area (Å²) in [6.07, 6.45) is 6.23. The molecule has 1 aliphatic carbocycles. The summed E-state index contributed by atoms with van der Waals surface area (Å²) in [6.45, 7) is 8.67. The van der Waals surface area contributed by atoms with Gasteiger partial charge in [0.25, 0.3) is 0 Å². The summed E-state index contributed by atoms with van der Waals surface area (Å²) in [5, 5.41) is 10.2. The Morgan fingerprint density at radius 2 is 1.51 bits per heavy atom. The largest absolute Gasteiger partial charge is 0.364 e. The summed E-state index contributed by atoms with van der Waals surface area (Å²) in [7, 11) is 0. The van der Waals surface area contributed by atoms with Crippen molar-refractivity contribution < 1.29 is 4.79 Å². The average Bonchev–Trinajstić information content (AvgIpc) is 3.39. The Kier molecular flexibility index (Phi) is 8.06. The van der Waals surface area contributed by atoms with E-state index >= 15 is 0 Å². The Morgan fingerprint density at radius 3 is 2.14 bits per heavy atom. The first kappa shape index (κ1) is 24.8. The van der Waals surface area contributed by atoms with Crippen molar-refractivity contribution in [3.63, 3.8) is 0 Å². The molecule has 5 heteroatoms. The zero-order chi connectivity index (χ0) is 24.8. The maximum absolute atomic E-state index is 13.4. The van der Waals surface area contributed by atoms with Crippen LogP contribution in [0.1, 0.15) is 76.3 Å². The maximum atomic E-state index is 13.4. The Hall–Kier alpha value is -3.34. The molecule has 5 nitrogen and oxygen atoms in total. The number of rotatable bonds is 8. The standard InChI is InChI=1S/C30H38N4O/c1-20(2)23-15-11-16-24(21(3)4)28(23)33-30(35)34-29(22-12-5-6-13-22)32-27-18-8-7-14-25(27)26-17-9-10-19-31-26/h7-11,14-22,29,32H,5-6,12-13H2,1-4H3,(H2,33,34,35). The van der Waals surface area contributed by atoms with Gasteiger partial charge in [-0.3, -0.25) is 4.98 Å². The van der Waals surface area contributed by atoms with E-state index in [1.54, 1.807) is 0 Å². The van der Waals surface area contributed by atoms with E-state index < -0.39 is 0 Å². The molecule has 0 aliphatic heterocycles. The van der Waals surface area contributed by atoms with Gasteiger partial charge >= 0.3 is 6.03 Å². The predicted octanol–water partition coefficient (Wildman–Crippen LogP) is 7.75. The van der Waals surface area contributed by atoms with Crippen LogP contribution in [0, 0.1) is 5.92 Å². The number of pyridine rings is 1. The van der Waals surface area contributed by atoms with E-state index in [0.29, 0.717) is 17.8 Å². The minimum absolute atomic E-state index is 0.167. The smallest absolute Gasteiger partial charge is 0.320 e. The van der Waals surface area contributed by atoms with Gasteiger partial charge in [-0.05, 0) is 59.9 Å². The SMILES string of the molecule is CC(C)c1cccc(C(C)C)c1NC(=O)NC(Nc1ccccc1-c1ccccn1)C1CCCC1. The number of amides is 2. The normalized spacial score (nSPS) is 14.8. The minimum Gasteiger partial charge on any atom is -0.364 e. The van der Waals surface area contributed by atoms with Crippen molar-refractivity contribution in [2.75, 3.05) is 10.6 Å². The molecular weight excluding hydrogens is 432 g/mol. The van der Waals surface area contributed by atoms with Crippen molar-refractivity contribution in [2.45, 2.75) is 71.4 Å². The van der Waals surface area contributed by atoms with Gasteiger partial charge in [-0.25, -0.2) is 4.79 Å². The zero-order valence-electron chi connectivity index (χ0n) is 21.3. The van der Waals surface area contributed by atoms with Crippen LogP contribution in [0.25, 0.3) is 11.3 Å². The minimum atomic E-state index is -0.170. The molecule has 3 N–H and O–H groups in total. The quantitative estimate of drug-likeness (QED) is 0.295. The van der Waals surface area contributed by atoms with Crippen LogP contribution < -0.4 is 16.0 Å². The molecule has 2 amide bonds. The van der Waals surface area contributed by atoms with Gasteiger partial charge in [0, 0.05) is 23.1 Å². The van der Waals surface area contributed by atoms with E-state index in [9.17, 15) is 4.79 Å². The molecule has 0 saturated heterocycles. The molecule has 1 aliphatic rings. The molecular formula is C30H38N4O. The first-order valence-electron chi connectivity index (χ1n) is 12.9. The van der Waals surface area contributed by atoms with E-state index in [0.717, 1.165) is 46.6 Å². The molecule has 1 fully saturated rings. The molecule has 0 bridgehead atoms. The molecule has 3 aromatic rings. The second kappa shape index (κ2) is 11.4. The summed E-state index contributed by atoms with van der Waals surface area (Å²) < 4.78 is 0. The third-order valence-electron chi connectivity index (χ3n) is 6.95. The zero-order valence-corrected chi connectivity index (χ0v) is 21.3. The molecule has 0 radical (unpaired) electrons. The first-order valence-corrected chi connectivity index (χ1v) is 12.9. The second-order valence-corrected chi connectivity index (χ2v) is 10.1. The number of carbonyl (C=O) groups excluding carboxylic acids is 1. The fourth-order valence-electron chi connectivity index (χ4n) is 5.07. The summed E-state index contributed by atoms with van der Waals surface area (Å²) in [5.74, 6) is 1.01. The van der Waals surface area contributed by atoms with Crippen LogP contribution in [0.4, 0.5) is 16.2 Å². The van der Waals surface area contributed by atoms with Crippen molar-refractivity contribution in [3.05, 3.63) is 78.0 Å². The molecule has 0 spiro atoms. The molecule has 1 atom stereocenters. The van der Waals surface area contributed by atoms with Crippen LogP contribution in [-0.4, -0.2) is 17.2 Å². The van der Waals surface area contributed by atoms with Crippen LogP contribution in [-0.2, 0) is 0 Å². The van der Waals surface area contributed by atoms with Gasteiger partial charge in [-0.2, -0.15) is 0 Å². The molecule has 4 rings (SSSR count). The van der Waals surface area contributed by atoms with E-state index in [1.165, 1.54) is 12.8 Å². The number of urea groups is 1. The lowest BCUT2D eigenvalue weighted by Crippen LogP contribution is -2.47. The molecule has 2 aromatic carbocycles. The van der Waals surface area contributed by atoms with Gasteiger partial charge in [0.2, 0.25) is 0 Å². The van der Waals surface area contributed by atoms with E-state index in [4.69, 9.17) is 0 Å². The van der Waals surface area contributed by atoms with Crippen LogP contribution >= 0.6 is 0 Å². The predicted molar refractivity (Wildman–Crippen MR) is 146 cm³/mol. The maximum Gasteiger partial charge on any atom is 0.320 e. The number of carbonyl (C=O) groups is 1.